The fourth-order valence-electron chi connectivity index (χ4n) is 3.92. The van der Waals surface area contributed by atoms with Gasteiger partial charge in [0, 0.05) is 30.4 Å². The summed E-state index contributed by atoms with van der Waals surface area (Å²) in [7, 11) is -3.82. The van der Waals surface area contributed by atoms with Gasteiger partial charge < -0.3 is 15.0 Å². The van der Waals surface area contributed by atoms with E-state index >= 15 is 0 Å². The molecule has 9 heteroatoms. The third-order valence-corrected chi connectivity index (χ3v) is 7.21. The first kappa shape index (κ1) is 23.1. The van der Waals surface area contributed by atoms with Crippen LogP contribution in [0.4, 0.5) is 5.69 Å². The van der Waals surface area contributed by atoms with E-state index in [0.717, 1.165) is 25.7 Å². The van der Waals surface area contributed by atoms with Crippen molar-refractivity contribution in [3.8, 4) is 5.75 Å². The Hall–Kier alpha value is -3.07. The van der Waals surface area contributed by atoms with Gasteiger partial charge in [-0.05, 0) is 75.1 Å². The summed E-state index contributed by atoms with van der Waals surface area (Å²) in [5.74, 6) is 0.201. The molecule has 4 rings (SSSR count). The van der Waals surface area contributed by atoms with Crippen LogP contribution in [0.3, 0.4) is 0 Å². The lowest BCUT2D eigenvalue weighted by Crippen LogP contribution is -2.45. The molecular weight excluding hydrogens is 442 g/mol. The molecule has 176 valence electrons. The van der Waals surface area contributed by atoms with Crippen molar-refractivity contribution in [2.75, 3.05) is 24.4 Å². The number of nitrogens with zero attached hydrogens (tertiary/aromatic N) is 1. The lowest BCUT2D eigenvalue weighted by molar-refractivity contribution is -0.126. The van der Waals surface area contributed by atoms with Gasteiger partial charge in [-0.15, -0.1) is 0 Å². The third-order valence-electron chi connectivity index (χ3n) is 5.81. The Kier molecular flexibility index (Phi) is 6.88. The highest BCUT2D eigenvalue weighted by atomic mass is 32.2. The molecule has 8 nitrogen and oxygen atoms in total. The average molecular weight is 472 g/mol. The molecule has 2 aromatic carbocycles. The van der Waals surface area contributed by atoms with Crippen molar-refractivity contribution >= 4 is 27.5 Å². The summed E-state index contributed by atoms with van der Waals surface area (Å²) < 4.78 is 33.4. The quantitative estimate of drug-likeness (QED) is 0.616. The minimum Gasteiger partial charge on any atom is -0.494 e. The Labute approximate surface area is 194 Å². The second kappa shape index (κ2) is 9.82. The molecule has 2 aromatic rings. The Morgan fingerprint density at radius 2 is 1.85 bits per heavy atom. The van der Waals surface area contributed by atoms with E-state index in [1.54, 1.807) is 35.2 Å². The van der Waals surface area contributed by atoms with E-state index < -0.39 is 10.0 Å². The van der Waals surface area contributed by atoms with E-state index in [0.29, 0.717) is 42.7 Å². The van der Waals surface area contributed by atoms with Crippen molar-refractivity contribution in [2.24, 2.45) is 5.92 Å². The van der Waals surface area contributed by atoms with Crippen molar-refractivity contribution < 1.29 is 22.7 Å². The molecule has 1 unspecified atom stereocenters. The van der Waals surface area contributed by atoms with Crippen molar-refractivity contribution in [3.05, 3.63) is 54.1 Å². The zero-order valence-electron chi connectivity index (χ0n) is 18.6. The molecule has 2 amide bonds. The molecule has 0 spiro atoms. The first-order chi connectivity index (χ1) is 15.9. The number of sulfonamides is 1. The number of hydrogen-bond acceptors (Lipinski definition) is 5. The number of benzene rings is 2. The maximum absolute atomic E-state index is 13.1. The van der Waals surface area contributed by atoms with E-state index in [-0.39, 0.29) is 22.6 Å². The molecule has 1 heterocycles. The zero-order valence-corrected chi connectivity index (χ0v) is 19.4. The van der Waals surface area contributed by atoms with Gasteiger partial charge in [-0.3, -0.25) is 14.3 Å². The van der Waals surface area contributed by atoms with Gasteiger partial charge in [0.05, 0.1) is 17.4 Å². The molecule has 1 aliphatic carbocycles. The van der Waals surface area contributed by atoms with E-state index in [2.05, 4.69) is 10.0 Å². The van der Waals surface area contributed by atoms with Crippen LogP contribution in [0.1, 0.15) is 43.0 Å². The van der Waals surface area contributed by atoms with Crippen LogP contribution in [-0.4, -0.2) is 50.9 Å². The van der Waals surface area contributed by atoms with Gasteiger partial charge >= 0.3 is 0 Å². The lowest BCUT2D eigenvalue weighted by Gasteiger charge is -2.32. The summed E-state index contributed by atoms with van der Waals surface area (Å²) in [6.45, 7) is 3.30. The van der Waals surface area contributed by atoms with Gasteiger partial charge in [-0.2, -0.15) is 0 Å². The van der Waals surface area contributed by atoms with Crippen LogP contribution < -0.4 is 14.8 Å². The predicted octanol–water partition coefficient (Wildman–Crippen LogP) is 3.02. The SMILES string of the molecule is CCOc1ccc(S(=O)(=O)Nc2cccc(C(=O)N3CCCC(C(=O)NC4CC4)C3)c2)cc1. The molecule has 1 saturated heterocycles. The number of amides is 2. The minimum absolute atomic E-state index is 0.0202. The molecule has 2 N–H and O–H groups in total. The number of carbonyl (C=O) groups excluding carboxylic acids is 2. The molecule has 33 heavy (non-hydrogen) atoms. The Balaban J connectivity index is 1.43. The smallest absolute Gasteiger partial charge is 0.261 e. The third kappa shape index (κ3) is 5.84. The topological polar surface area (TPSA) is 105 Å². The van der Waals surface area contributed by atoms with Gasteiger partial charge in [0.2, 0.25) is 5.91 Å². The molecule has 0 aromatic heterocycles. The second-order valence-corrected chi connectivity index (χ2v) is 10.1. The predicted molar refractivity (Wildman–Crippen MR) is 125 cm³/mol. The lowest BCUT2D eigenvalue weighted by atomic mass is 9.96. The van der Waals surface area contributed by atoms with Crippen LogP contribution in [0.2, 0.25) is 0 Å². The summed E-state index contributed by atoms with van der Waals surface area (Å²) in [5, 5.41) is 3.02. The molecule has 2 aliphatic rings. The molecule has 1 aliphatic heterocycles. The molecule has 1 atom stereocenters. The summed E-state index contributed by atoms with van der Waals surface area (Å²) in [6.07, 6.45) is 3.59. The van der Waals surface area contributed by atoms with Crippen LogP contribution >= 0.6 is 0 Å². The number of carbonyl (C=O) groups is 2. The highest BCUT2D eigenvalue weighted by molar-refractivity contribution is 7.92. The molecule has 2 fully saturated rings. The Morgan fingerprint density at radius 1 is 1.09 bits per heavy atom. The van der Waals surface area contributed by atoms with E-state index in [1.165, 1.54) is 18.2 Å². The fraction of sp³-hybridized carbons (Fsp3) is 0.417. The standard InChI is InChI=1S/C24H29N3O5S/c1-2-32-21-10-12-22(13-11-21)33(30,31)26-20-7-3-5-17(15-20)24(29)27-14-4-6-18(16-27)23(28)25-19-8-9-19/h3,5,7,10-13,15,18-19,26H,2,4,6,8-9,14,16H2,1H3,(H,25,28). The maximum atomic E-state index is 13.1. The van der Waals surface area contributed by atoms with Crippen LogP contribution in [0.15, 0.2) is 53.4 Å². The first-order valence-electron chi connectivity index (χ1n) is 11.3. The van der Waals surface area contributed by atoms with Gasteiger partial charge in [-0.1, -0.05) is 6.07 Å². The number of rotatable bonds is 8. The Bertz CT molecular complexity index is 1110. The molecule has 0 radical (unpaired) electrons. The monoisotopic (exact) mass is 471 g/mol. The number of hydrogen-bond donors (Lipinski definition) is 2. The number of anilines is 1. The van der Waals surface area contributed by atoms with Crippen molar-refractivity contribution in [3.63, 3.8) is 0 Å². The normalized spacial score (nSPS) is 18.5. The second-order valence-electron chi connectivity index (χ2n) is 8.46. The highest BCUT2D eigenvalue weighted by Gasteiger charge is 2.32. The summed E-state index contributed by atoms with van der Waals surface area (Å²) in [4.78, 5) is 27.3. The summed E-state index contributed by atoms with van der Waals surface area (Å²) >= 11 is 0. The van der Waals surface area contributed by atoms with Crippen LogP contribution in [0, 0.1) is 5.92 Å². The Morgan fingerprint density at radius 3 is 2.55 bits per heavy atom. The van der Waals surface area contributed by atoms with Gasteiger partial charge in [0.15, 0.2) is 0 Å². The van der Waals surface area contributed by atoms with Gasteiger partial charge in [0.25, 0.3) is 15.9 Å². The van der Waals surface area contributed by atoms with E-state index in [9.17, 15) is 18.0 Å². The van der Waals surface area contributed by atoms with Crippen LogP contribution in [0.25, 0.3) is 0 Å². The van der Waals surface area contributed by atoms with E-state index in [1.807, 2.05) is 6.92 Å². The number of piperidine rings is 1. The number of likely N-dealkylation sites (tertiary alicyclic amines) is 1. The molecule has 0 bridgehead atoms. The zero-order chi connectivity index (χ0) is 23.4. The average Bonchev–Trinajstić information content (AvgIpc) is 3.63. The largest absolute Gasteiger partial charge is 0.494 e. The van der Waals surface area contributed by atoms with Crippen molar-refractivity contribution in [1.29, 1.82) is 0 Å². The van der Waals surface area contributed by atoms with Crippen molar-refractivity contribution in [2.45, 2.75) is 43.5 Å². The van der Waals surface area contributed by atoms with E-state index in [4.69, 9.17) is 4.74 Å². The minimum atomic E-state index is -3.82. The molecular formula is C24H29N3O5S. The highest BCUT2D eigenvalue weighted by Crippen LogP contribution is 2.24. The maximum Gasteiger partial charge on any atom is 0.261 e. The number of nitrogens with one attached hydrogen (secondary N) is 2. The van der Waals surface area contributed by atoms with Crippen LogP contribution in [-0.2, 0) is 14.8 Å². The summed E-state index contributed by atoms with van der Waals surface area (Å²) in [5.41, 5.74) is 0.680. The van der Waals surface area contributed by atoms with Crippen molar-refractivity contribution in [1.82, 2.24) is 10.2 Å². The first-order valence-corrected chi connectivity index (χ1v) is 12.8. The molecule has 1 saturated carbocycles. The number of ether oxygens (including phenoxy) is 1. The van der Waals surface area contributed by atoms with Gasteiger partial charge in [0.1, 0.15) is 5.75 Å². The van der Waals surface area contributed by atoms with Gasteiger partial charge in [-0.25, -0.2) is 8.42 Å². The van der Waals surface area contributed by atoms with Crippen LogP contribution in [0.5, 0.6) is 5.75 Å². The fourth-order valence-corrected chi connectivity index (χ4v) is 4.97. The summed E-state index contributed by atoms with van der Waals surface area (Å²) in [6, 6.07) is 12.9.